The SMILES string of the molecule is CCCOc1cc(C)ccc1CNC(=NC)NCc1nc(C)no1. The van der Waals surface area contributed by atoms with Crippen molar-refractivity contribution in [2.24, 2.45) is 4.99 Å². The third kappa shape index (κ3) is 5.26. The molecule has 0 amide bonds. The van der Waals surface area contributed by atoms with Crippen molar-refractivity contribution in [1.29, 1.82) is 0 Å². The molecule has 1 aromatic carbocycles. The van der Waals surface area contributed by atoms with Gasteiger partial charge in [0.2, 0.25) is 5.89 Å². The summed E-state index contributed by atoms with van der Waals surface area (Å²) in [6, 6.07) is 6.21. The first-order valence-corrected chi connectivity index (χ1v) is 8.08. The largest absolute Gasteiger partial charge is 0.493 e. The maximum Gasteiger partial charge on any atom is 0.246 e. The van der Waals surface area contributed by atoms with Gasteiger partial charge in [-0.25, -0.2) is 0 Å². The van der Waals surface area contributed by atoms with Crippen molar-refractivity contribution in [3.8, 4) is 5.75 Å². The standard InChI is InChI=1S/C17H25N5O2/c1-5-8-23-15-9-12(2)6-7-14(15)10-19-17(18-4)20-11-16-21-13(3)22-24-16/h6-7,9H,5,8,10-11H2,1-4H3,(H2,18,19,20). The summed E-state index contributed by atoms with van der Waals surface area (Å²) in [6.07, 6.45) is 0.980. The van der Waals surface area contributed by atoms with Crippen LogP contribution in [0.5, 0.6) is 5.75 Å². The number of guanidine groups is 1. The average molecular weight is 331 g/mol. The highest BCUT2D eigenvalue weighted by Gasteiger charge is 2.07. The van der Waals surface area contributed by atoms with E-state index in [1.54, 1.807) is 14.0 Å². The summed E-state index contributed by atoms with van der Waals surface area (Å²) in [7, 11) is 1.72. The molecule has 2 N–H and O–H groups in total. The third-order valence-electron chi connectivity index (χ3n) is 3.33. The lowest BCUT2D eigenvalue weighted by atomic mass is 10.1. The van der Waals surface area contributed by atoms with Crippen molar-refractivity contribution in [3.05, 3.63) is 41.0 Å². The number of benzene rings is 1. The van der Waals surface area contributed by atoms with E-state index in [-0.39, 0.29) is 0 Å². The molecular weight excluding hydrogens is 306 g/mol. The molecule has 2 rings (SSSR count). The Morgan fingerprint density at radius 2 is 2.04 bits per heavy atom. The van der Waals surface area contributed by atoms with Gasteiger partial charge in [-0.15, -0.1) is 0 Å². The van der Waals surface area contributed by atoms with Crippen LogP contribution in [-0.4, -0.2) is 29.8 Å². The molecule has 7 heteroatoms. The van der Waals surface area contributed by atoms with Gasteiger partial charge in [-0.3, -0.25) is 4.99 Å². The summed E-state index contributed by atoms with van der Waals surface area (Å²) >= 11 is 0. The lowest BCUT2D eigenvalue weighted by molar-refractivity contribution is 0.313. The van der Waals surface area contributed by atoms with Gasteiger partial charge in [0.05, 0.1) is 13.2 Å². The van der Waals surface area contributed by atoms with Crippen LogP contribution in [0, 0.1) is 13.8 Å². The molecule has 0 unspecified atom stereocenters. The molecular formula is C17H25N5O2. The Bertz CT molecular complexity index is 681. The third-order valence-corrected chi connectivity index (χ3v) is 3.33. The number of hydrogen-bond acceptors (Lipinski definition) is 5. The molecule has 7 nitrogen and oxygen atoms in total. The molecule has 0 saturated carbocycles. The molecule has 0 aliphatic heterocycles. The molecule has 0 spiro atoms. The highest BCUT2D eigenvalue weighted by molar-refractivity contribution is 5.79. The molecule has 130 valence electrons. The minimum absolute atomic E-state index is 0.424. The number of nitrogens with zero attached hydrogens (tertiary/aromatic N) is 3. The van der Waals surface area contributed by atoms with E-state index in [0.29, 0.717) is 37.4 Å². The van der Waals surface area contributed by atoms with Crippen molar-refractivity contribution >= 4 is 5.96 Å². The van der Waals surface area contributed by atoms with E-state index in [9.17, 15) is 0 Å². The molecule has 0 atom stereocenters. The van der Waals surface area contributed by atoms with Gasteiger partial charge in [0.1, 0.15) is 5.75 Å². The van der Waals surface area contributed by atoms with Crippen LogP contribution >= 0.6 is 0 Å². The van der Waals surface area contributed by atoms with E-state index >= 15 is 0 Å². The topological polar surface area (TPSA) is 84.6 Å². The number of aliphatic imine (C=N–C) groups is 1. The van der Waals surface area contributed by atoms with Gasteiger partial charge in [0.25, 0.3) is 0 Å². The van der Waals surface area contributed by atoms with Gasteiger partial charge in [0.15, 0.2) is 11.8 Å². The van der Waals surface area contributed by atoms with Gasteiger partial charge in [-0.2, -0.15) is 4.98 Å². The quantitative estimate of drug-likeness (QED) is 0.598. The molecule has 0 radical (unpaired) electrons. The highest BCUT2D eigenvalue weighted by Crippen LogP contribution is 2.20. The van der Waals surface area contributed by atoms with Crippen molar-refractivity contribution in [2.75, 3.05) is 13.7 Å². The summed E-state index contributed by atoms with van der Waals surface area (Å²) in [5, 5.41) is 10.2. The van der Waals surface area contributed by atoms with Gasteiger partial charge in [-0.05, 0) is 31.9 Å². The van der Waals surface area contributed by atoms with Crippen LogP contribution in [0.4, 0.5) is 0 Å². The fourth-order valence-electron chi connectivity index (χ4n) is 2.12. The van der Waals surface area contributed by atoms with Gasteiger partial charge in [0, 0.05) is 19.2 Å². The first-order valence-electron chi connectivity index (χ1n) is 8.08. The molecule has 0 fully saturated rings. The summed E-state index contributed by atoms with van der Waals surface area (Å²) < 4.78 is 10.9. The summed E-state index contributed by atoms with van der Waals surface area (Å²) in [4.78, 5) is 8.35. The Balaban J connectivity index is 1.92. The monoisotopic (exact) mass is 331 g/mol. The molecule has 0 aliphatic rings. The summed E-state index contributed by atoms with van der Waals surface area (Å²) in [5.74, 6) is 2.71. The number of rotatable bonds is 7. The molecule has 0 bridgehead atoms. The van der Waals surface area contributed by atoms with E-state index in [1.165, 1.54) is 5.56 Å². The smallest absolute Gasteiger partial charge is 0.246 e. The fraction of sp³-hybridized carbons (Fsp3) is 0.471. The van der Waals surface area contributed by atoms with E-state index < -0.39 is 0 Å². The second kappa shape index (κ2) is 8.90. The van der Waals surface area contributed by atoms with Crippen LogP contribution in [0.1, 0.15) is 36.2 Å². The molecule has 24 heavy (non-hydrogen) atoms. The maximum absolute atomic E-state index is 5.83. The fourth-order valence-corrected chi connectivity index (χ4v) is 2.12. The molecule has 0 saturated heterocycles. The zero-order valence-corrected chi connectivity index (χ0v) is 14.7. The predicted octanol–water partition coefficient (Wildman–Crippen LogP) is 2.34. The first-order chi connectivity index (χ1) is 11.6. The zero-order chi connectivity index (χ0) is 17.4. The molecule has 1 aromatic heterocycles. The normalized spacial score (nSPS) is 11.4. The van der Waals surface area contributed by atoms with Crippen molar-refractivity contribution in [2.45, 2.75) is 40.3 Å². The Morgan fingerprint density at radius 3 is 2.71 bits per heavy atom. The van der Waals surface area contributed by atoms with Crippen LogP contribution in [-0.2, 0) is 13.1 Å². The number of aryl methyl sites for hydroxylation is 2. The highest BCUT2D eigenvalue weighted by atomic mass is 16.5. The molecule has 2 aromatic rings. The summed E-state index contributed by atoms with van der Waals surface area (Å²) in [5.41, 5.74) is 2.27. The molecule has 0 aliphatic carbocycles. The van der Waals surface area contributed by atoms with Crippen LogP contribution in [0.3, 0.4) is 0 Å². The Morgan fingerprint density at radius 1 is 1.25 bits per heavy atom. The van der Waals surface area contributed by atoms with Crippen LogP contribution < -0.4 is 15.4 Å². The van der Waals surface area contributed by atoms with E-state index in [4.69, 9.17) is 9.26 Å². The minimum atomic E-state index is 0.424. The van der Waals surface area contributed by atoms with E-state index in [0.717, 1.165) is 17.7 Å². The predicted molar refractivity (Wildman–Crippen MR) is 93.0 cm³/mol. The first kappa shape index (κ1) is 17.8. The van der Waals surface area contributed by atoms with Gasteiger partial charge < -0.3 is 19.9 Å². The zero-order valence-electron chi connectivity index (χ0n) is 14.7. The van der Waals surface area contributed by atoms with Crippen molar-refractivity contribution in [1.82, 2.24) is 20.8 Å². The van der Waals surface area contributed by atoms with Crippen LogP contribution in [0.15, 0.2) is 27.7 Å². The Labute approximate surface area is 142 Å². The number of aromatic nitrogens is 2. The second-order valence-electron chi connectivity index (χ2n) is 5.47. The van der Waals surface area contributed by atoms with Gasteiger partial charge >= 0.3 is 0 Å². The lowest BCUT2D eigenvalue weighted by Crippen LogP contribution is -2.36. The lowest BCUT2D eigenvalue weighted by Gasteiger charge is -2.14. The van der Waals surface area contributed by atoms with Crippen molar-refractivity contribution < 1.29 is 9.26 Å². The molecule has 1 heterocycles. The van der Waals surface area contributed by atoms with Crippen LogP contribution in [0.2, 0.25) is 0 Å². The van der Waals surface area contributed by atoms with Crippen molar-refractivity contribution in [3.63, 3.8) is 0 Å². The second-order valence-corrected chi connectivity index (χ2v) is 5.47. The maximum atomic E-state index is 5.83. The van der Waals surface area contributed by atoms with E-state index in [2.05, 4.69) is 57.8 Å². The average Bonchev–Trinajstić information content (AvgIpc) is 2.99. The number of nitrogens with one attached hydrogen (secondary N) is 2. The number of ether oxygens (including phenoxy) is 1. The Hall–Kier alpha value is -2.57. The van der Waals surface area contributed by atoms with E-state index in [1.807, 2.05) is 0 Å². The van der Waals surface area contributed by atoms with Gasteiger partial charge in [-0.1, -0.05) is 24.2 Å². The Kier molecular flexibility index (Phi) is 6.60. The minimum Gasteiger partial charge on any atom is -0.493 e. The number of hydrogen-bond donors (Lipinski definition) is 2. The summed E-state index contributed by atoms with van der Waals surface area (Å²) in [6.45, 7) is 7.69. The van der Waals surface area contributed by atoms with Crippen LogP contribution in [0.25, 0.3) is 0 Å².